The van der Waals surface area contributed by atoms with Crippen LogP contribution in [0.5, 0.6) is 0 Å². The number of anilines is 3. The minimum Gasteiger partial charge on any atom is -0.396 e. The molecule has 0 saturated carbocycles. The normalized spacial score (nSPS) is 15.4. The largest absolute Gasteiger partial charge is 0.396 e. The zero-order chi connectivity index (χ0) is 13.9. The van der Waals surface area contributed by atoms with Gasteiger partial charge in [-0.2, -0.15) is 0 Å². The van der Waals surface area contributed by atoms with E-state index in [1.807, 2.05) is 30.3 Å². The SMILES string of the molecule is Nc1cccnc1N1CCN(c2cccc(Cl)c2)CC1. The molecule has 5 heteroatoms. The van der Waals surface area contributed by atoms with E-state index >= 15 is 0 Å². The Hall–Kier alpha value is -1.94. The molecule has 0 radical (unpaired) electrons. The van der Waals surface area contributed by atoms with Gasteiger partial charge in [-0.25, -0.2) is 4.98 Å². The van der Waals surface area contributed by atoms with Gasteiger partial charge in [-0.15, -0.1) is 0 Å². The minimum absolute atomic E-state index is 0.740. The molecule has 1 saturated heterocycles. The van der Waals surface area contributed by atoms with Crippen LogP contribution in [0.1, 0.15) is 0 Å². The molecular weight excluding hydrogens is 272 g/mol. The lowest BCUT2D eigenvalue weighted by Gasteiger charge is -2.37. The molecule has 2 aromatic rings. The molecule has 1 aliphatic heterocycles. The summed E-state index contributed by atoms with van der Waals surface area (Å²) in [6.45, 7) is 3.70. The van der Waals surface area contributed by atoms with Crippen LogP contribution in [0.3, 0.4) is 0 Å². The molecule has 0 aliphatic carbocycles. The van der Waals surface area contributed by atoms with Crippen molar-refractivity contribution < 1.29 is 0 Å². The number of piperazine rings is 1. The fourth-order valence-corrected chi connectivity index (χ4v) is 2.71. The molecule has 0 spiro atoms. The fourth-order valence-electron chi connectivity index (χ4n) is 2.52. The van der Waals surface area contributed by atoms with Crippen LogP contribution in [0.15, 0.2) is 42.6 Å². The number of nitrogen functional groups attached to an aromatic ring is 1. The molecule has 3 rings (SSSR count). The predicted molar refractivity (Wildman–Crippen MR) is 84.5 cm³/mol. The summed E-state index contributed by atoms with van der Waals surface area (Å²) in [6.07, 6.45) is 1.79. The molecule has 0 amide bonds. The minimum atomic E-state index is 0.740. The summed E-state index contributed by atoms with van der Waals surface area (Å²) in [5.41, 5.74) is 7.89. The van der Waals surface area contributed by atoms with Crippen molar-refractivity contribution in [2.75, 3.05) is 41.7 Å². The molecule has 1 aromatic carbocycles. The van der Waals surface area contributed by atoms with E-state index in [9.17, 15) is 0 Å². The number of halogens is 1. The van der Waals surface area contributed by atoms with Crippen LogP contribution in [0.4, 0.5) is 17.2 Å². The Bertz CT molecular complexity index is 594. The Labute approximate surface area is 123 Å². The molecule has 20 heavy (non-hydrogen) atoms. The third-order valence-corrected chi connectivity index (χ3v) is 3.80. The van der Waals surface area contributed by atoms with Gasteiger partial charge < -0.3 is 15.5 Å². The summed E-state index contributed by atoms with van der Waals surface area (Å²) in [5, 5.41) is 0.777. The first-order valence-corrected chi connectivity index (χ1v) is 7.08. The molecule has 2 N–H and O–H groups in total. The zero-order valence-corrected chi connectivity index (χ0v) is 11.9. The van der Waals surface area contributed by atoms with E-state index in [2.05, 4.69) is 20.9 Å². The zero-order valence-electron chi connectivity index (χ0n) is 11.2. The van der Waals surface area contributed by atoms with Crippen molar-refractivity contribution in [1.29, 1.82) is 0 Å². The van der Waals surface area contributed by atoms with Gasteiger partial charge in [0.15, 0.2) is 5.82 Å². The highest BCUT2D eigenvalue weighted by molar-refractivity contribution is 6.30. The monoisotopic (exact) mass is 288 g/mol. The quantitative estimate of drug-likeness (QED) is 0.923. The van der Waals surface area contributed by atoms with Gasteiger partial charge >= 0.3 is 0 Å². The van der Waals surface area contributed by atoms with Gasteiger partial charge in [-0.3, -0.25) is 0 Å². The molecule has 4 nitrogen and oxygen atoms in total. The van der Waals surface area contributed by atoms with Crippen LogP contribution in [0.2, 0.25) is 5.02 Å². The van der Waals surface area contributed by atoms with Crippen molar-refractivity contribution in [1.82, 2.24) is 4.98 Å². The van der Waals surface area contributed by atoms with Gasteiger partial charge in [0, 0.05) is 43.1 Å². The predicted octanol–water partition coefficient (Wildman–Crippen LogP) is 2.64. The number of aromatic nitrogens is 1. The van der Waals surface area contributed by atoms with E-state index in [4.69, 9.17) is 17.3 Å². The average molecular weight is 289 g/mol. The highest BCUT2D eigenvalue weighted by Crippen LogP contribution is 2.24. The fraction of sp³-hybridized carbons (Fsp3) is 0.267. The van der Waals surface area contributed by atoms with Gasteiger partial charge in [0.1, 0.15) is 0 Å². The van der Waals surface area contributed by atoms with Gasteiger partial charge in [-0.1, -0.05) is 17.7 Å². The molecule has 0 atom stereocenters. The molecule has 104 valence electrons. The molecule has 1 aromatic heterocycles. The van der Waals surface area contributed by atoms with Crippen molar-refractivity contribution >= 4 is 28.8 Å². The van der Waals surface area contributed by atoms with E-state index in [0.29, 0.717) is 0 Å². The Balaban J connectivity index is 1.70. The number of hydrogen-bond acceptors (Lipinski definition) is 4. The average Bonchev–Trinajstić information content (AvgIpc) is 2.48. The van der Waals surface area contributed by atoms with Crippen LogP contribution in [0.25, 0.3) is 0 Å². The van der Waals surface area contributed by atoms with Gasteiger partial charge in [0.2, 0.25) is 0 Å². The smallest absolute Gasteiger partial charge is 0.151 e. The Morgan fingerprint density at radius 3 is 2.45 bits per heavy atom. The van der Waals surface area contributed by atoms with Crippen molar-refractivity contribution in [2.24, 2.45) is 0 Å². The third-order valence-electron chi connectivity index (χ3n) is 3.57. The highest BCUT2D eigenvalue weighted by atomic mass is 35.5. The van der Waals surface area contributed by atoms with Gasteiger partial charge in [0.25, 0.3) is 0 Å². The molecular formula is C15H17ClN4. The topological polar surface area (TPSA) is 45.4 Å². The van der Waals surface area contributed by atoms with Crippen molar-refractivity contribution in [3.63, 3.8) is 0 Å². The van der Waals surface area contributed by atoms with E-state index < -0.39 is 0 Å². The van der Waals surface area contributed by atoms with Crippen molar-refractivity contribution in [3.8, 4) is 0 Å². The Morgan fingerprint density at radius 2 is 1.75 bits per heavy atom. The van der Waals surface area contributed by atoms with Crippen LogP contribution in [-0.4, -0.2) is 31.2 Å². The second kappa shape index (κ2) is 5.59. The second-order valence-corrected chi connectivity index (χ2v) is 5.31. The lowest BCUT2D eigenvalue weighted by atomic mass is 10.2. The summed E-state index contributed by atoms with van der Waals surface area (Å²) in [4.78, 5) is 8.94. The van der Waals surface area contributed by atoms with Crippen LogP contribution < -0.4 is 15.5 Å². The number of nitrogens with zero attached hydrogens (tertiary/aromatic N) is 3. The maximum atomic E-state index is 6.05. The first kappa shape index (κ1) is 13.1. The number of benzene rings is 1. The summed E-state index contributed by atoms with van der Waals surface area (Å²) in [6, 6.07) is 11.7. The van der Waals surface area contributed by atoms with Gasteiger partial charge in [-0.05, 0) is 30.3 Å². The van der Waals surface area contributed by atoms with E-state index in [1.165, 1.54) is 5.69 Å². The van der Waals surface area contributed by atoms with E-state index in [1.54, 1.807) is 6.20 Å². The number of pyridine rings is 1. The lowest BCUT2D eigenvalue weighted by molar-refractivity contribution is 0.648. The Morgan fingerprint density at radius 1 is 1.00 bits per heavy atom. The first-order chi connectivity index (χ1) is 9.74. The van der Waals surface area contributed by atoms with E-state index in [0.717, 1.165) is 42.7 Å². The van der Waals surface area contributed by atoms with Gasteiger partial charge in [0.05, 0.1) is 5.69 Å². The standard InChI is InChI=1S/C15H17ClN4/c16-12-3-1-4-13(11-12)19-7-9-20(10-8-19)15-14(17)5-2-6-18-15/h1-6,11H,7-10,17H2. The first-order valence-electron chi connectivity index (χ1n) is 6.70. The van der Waals surface area contributed by atoms with Crippen molar-refractivity contribution in [3.05, 3.63) is 47.6 Å². The number of rotatable bonds is 2. The number of nitrogens with two attached hydrogens (primary N) is 1. The molecule has 1 aliphatic rings. The molecule has 0 bridgehead atoms. The maximum absolute atomic E-state index is 6.05. The molecule has 2 heterocycles. The van der Waals surface area contributed by atoms with E-state index in [-0.39, 0.29) is 0 Å². The lowest BCUT2D eigenvalue weighted by Crippen LogP contribution is -2.47. The number of hydrogen-bond donors (Lipinski definition) is 1. The summed E-state index contributed by atoms with van der Waals surface area (Å²) in [7, 11) is 0. The second-order valence-electron chi connectivity index (χ2n) is 4.87. The summed E-state index contributed by atoms with van der Waals surface area (Å²) in [5.74, 6) is 0.887. The maximum Gasteiger partial charge on any atom is 0.151 e. The van der Waals surface area contributed by atoms with Crippen molar-refractivity contribution in [2.45, 2.75) is 0 Å². The van der Waals surface area contributed by atoms with Crippen LogP contribution >= 0.6 is 11.6 Å². The highest BCUT2D eigenvalue weighted by Gasteiger charge is 2.19. The molecule has 0 unspecified atom stereocenters. The van der Waals surface area contributed by atoms with Crippen LogP contribution in [-0.2, 0) is 0 Å². The Kier molecular flexibility index (Phi) is 3.65. The summed E-state index contributed by atoms with van der Waals surface area (Å²) >= 11 is 6.05. The molecule has 1 fully saturated rings. The summed E-state index contributed by atoms with van der Waals surface area (Å²) < 4.78 is 0. The third kappa shape index (κ3) is 2.65. The van der Waals surface area contributed by atoms with Crippen LogP contribution in [0, 0.1) is 0 Å².